The van der Waals surface area contributed by atoms with Crippen LogP contribution in [-0.4, -0.2) is 39.9 Å². The number of anilines is 1. The Hall–Kier alpha value is -3.33. The van der Waals surface area contributed by atoms with Crippen LogP contribution in [0.4, 0.5) is 5.82 Å². The van der Waals surface area contributed by atoms with Crippen molar-refractivity contribution in [2.24, 2.45) is 0 Å². The van der Waals surface area contributed by atoms with E-state index in [9.17, 15) is 0 Å². The molecule has 0 unspecified atom stereocenters. The number of ether oxygens (including phenoxy) is 3. The summed E-state index contributed by atoms with van der Waals surface area (Å²) < 4.78 is 19.5. The van der Waals surface area contributed by atoms with Gasteiger partial charge in [-0.1, -0.05) is 51.0 Å². The molecule has 2 heterocycles. The van der Waals surface area contributed by atoms with E-state index in [0.717, 1.165) is 52.9 Å². The van der Waals surface area contributed by atoms with E-state index in [1.165, 1.54) is 0 Å². The lowest BCUT2D eigenvalue weighted by molar-refractivity contribution is 0.161. The van der Waals surface area contributed by atoms with Crippen LogP contribution in [0.2, 0.25) is 0 Å². The summed E-state index contributed by atoms with van der Waals surface area (Å²) >= 11 is 3.59. The first-order chi connectivity index (χ1) is 18.0. The van der Waals surface area contributed by atoms with Gasteiger partial charge in [-0.3, -0.25) is 0 Å². The molecule has 4 aromatic rings. The third-order valence-corrected chi connectivity index (χ3v) is 6.68. The molecular weight excluding hydrogens is 534 g/mol. The third kappa shape index (κ3) is 6.71. The Kier molecular flexibility index (Phi) is 9.22. The zero-order chi connectivity index (χ0) is 26.2. The summed E-state index contributed by atoms with van der Waals surface area (Å²) in [6, 6.07) is 16.5. The molecule has 0 fully saturated rings. The van der Waals surface area contributed by atoms with Crippen molar-refractivity contribution in [2.45, 2.75) is 58.7 Å². The molecule has 0 aliphatic carbocycles. The molecule has 196 valence electrons. The maximum Gasteiger partial charge on any atom is 0.336 e. The van der Waals surface area contributed by atoms with Gasteiger partial charge >= 0.3 is 6.01 Å². The zero-order valence-corrected chi connectivity index (χ0v) is 23.4. The minimum atomic E-state index is 0.0687. The van der Waals surface area contributed by atoms with Gasteiger partial charge in [0.25, 0.3) is 0 Å². The summed E-state index contributed by atoms with van der Waals surface area (Å²) in [4.78, 5) is 11.7. The zero-order valence-electron chi connectivity index (χ0n) is 21.9. The van der Waals surface area contributed by atoms with Crippen LogP contribution in [0.15, 0.2) is 59.3 Å². The van der Waals surface area contributed by atoms with Gasteiger partial charge in [-0.05, 0) is 64.2 Å². The SMILES string of the molecule is CCCC(CCC)Oc1nc(N(Cc2ccc(OC)cc2)Cc2ccc(OC)cc2)c2ncc(Br)n2n1. The Morgan fingerprint density at radius 3 is 1.89 bits per heavy atom. The molecule has 2 aromatic carbocycles. The molecule has 0 bridgehead atoms. The number of fused-ring (bicyclic) bond motifs is 1. The van der Waals surface area contributed by atoms with Gasteiger partial charge in [0, 0.05) is 13.1 Å². The Morgan fingerprint density at radius 1 is 0.865 bits per heavy atom. The molecule has 0 radical (unpaired) electrons. The number of aromatic nitrogens is 4. The van der Waals surface area contributed by atoms with Crippen LogP contribution < -0.4 is 19.1 Å². The molecule has 4 rings (SSSR count). The van der Waals surface area contributed by atoms with Crippen LogP contribution in [0.5, 0.6) is 17.5 Å². The van der Waals surface area contributed by atoms with Crippen molar-refractivity contribution >= 4 is 27.4 Å². The van der Waals surface area contributed by atoms with Crippen molar-refractivity contribution in [3.8, 4) is 17.5 Å². The first-order valence-electron chi connectivity index (χ1n) is 12.6. The summed E-state index contributed by atoms with van der Waals surface area (Å²) in [5, 5.41) is 4.66. The van der Waals surface area contributed by atoms with Gasteiger partial charge < -0.3 is 19.1 Å². The van der Waals surface area contributed by atoms with Crippen molar-refractivity contribution in [1.82, 2.24) is 19.6 Å². The van der Waals surface area contributed by atoms with Crippen LogP contribution >= 0.6 is 15.9 Å². The Labute approximate surface area is 226 Å². The lowest BCUT2D eigenvalue weighted by Crippen LogP contribution is -2.25. The molecule has 9 heteroatoms. The summed E-state index contributed by atoms with van der Waals surface area (Å²) in [6.07, 6.45) is 5.80. The predicted octanol–water partition coefficient (Wildman–Crippen LogP) is 6.46. The number of hydrogen-bond acceptors (Lipinski definition) is 7. The van der Waals surface area contributed by atoms with Crippen LogP contribution in [0.3, 0.4) is 0 Å². The van der Waals surface area contributed by atoms with E-state index in [2.05, 4.69) is 69.0 Å². The standard InChI is InChI=1S/C28H34BrN5O3/c1-5-7-24(8-6-2)37-28-31-27(26-30-17-25(29)34(26)32-28)33(18-20-9-13-22(35-3)14-10-20)19-21-11-15-23(36-4)16-12-21/h9-17,24H,5-8,18-19H2,1-4H3. The number of imidazole rings is 1. The third-order valence-electron chi connectivity index (χ3n) is 6.14. The van der Waals surface area contributed by atoms with Gasteiger partial charge in [-0.25, -0.2) is 4.98 Å². The second-order valence-corrected chi connectivity index (χ2v) is 9.72. The summed E-state index contributed by atoms with van der Waals surface area (Å²) in [6.45, 7) is 5.55. The molecule has 0 saturated carbocycles. The maximum atomic E-state index is 6.33. The molecule has 0 N–H and O–H groups in total. The lowest BCUT2D eigenvalue weighted by atomic mass is 10.1. The minimum absolute atomic E-state index is 0.0687. The molecule has 0 aliphatic rings. The Bertz CT molecular complexity index is 1220. The van der Waals surface area contributed by atoms with E-state index >= 15 is 0 Å². The number of benzene rings is 2. The van der Waals surface area contributed by atoms with Gasteiger partial charge in [0.05, 0.1) is 20.4 Å². The van der Waals surface area contributed by atoms with E-state index in [1.54, 1.807) is 24.9 Å². The largest absolute Gasteiger partial charge is 0.497 e. The van der Waals surface area contributed by atoms with Crippen LogP contribution in [0.25, 0.3) is 5.65 Å². The Balaban J connectivity index is 1.75. The maximum absolute atomic E-state index is 6.33. The van der Waals surface area contributed by atoms with Gasteiger partial charge in [-0.2, -0.15) is 9.50 Å². The molecule has 0 atom stereocenters. The monoisotopic (exact) mass is 567 g/mol. The van der Waals surface area contributed by atoms with Crippen molar-refractivity contribution in [3.05, 3.63) is 70.5 Å². The van der Waals surface area contributed by atoms with Gasteiger partial charge in [0.2, 0.25) is 0 Å². The fourth-order valence-corrected chi connectivity index (χ4v) is 4.60. The number of hydrogen-bond donors (Lipinski definition) is 0. The number of rotatable bonds is 13. The highest BCUT2D eigenvalue weighted by Gasteiger charge is 2.21. The van der Waals surface area contributed by atoms with Gasteiger partial charge in [0.1, 0.15) is 22.2 Å². The molecule has 37 heavy (non-hydrogen) atoms. The van der Waals surface area contributed by atoms with Crippen LogP contribution in [0, 0.1) is 0 Å². The summed E-state index contributed by atoms with van der Waals surface area (Å²) in [5.74, 6) is 2.34. The average Bonchev–Trinajstić information content (AvgIpc) is 3.29. The second kappa shape index (κ2) is 12.8. The normalized spacial score (nSPS) is 11.2. The van der Waals surface area contributed by atoms with E-state index in [-0.39, 0.29) is 6.10 Å². The molecule has 8 nitrogen and oxygen atoms in total. The van der Waals surface area contributed by atoms with Crippen LogP contribution in [-0.2, 0) is 13.1 Å². The number of methoxy groups -OCH3 is 2. The highest BCUT2D eigenvalue weighted by Crippen LogP contribution is 2.28. The first kappa shape index (κ1) is 26.7. The molecule has 0 aliphatic heterocycles. The van der Waals surface area contributed by atoms with Gasteiger partial charge in [0.15, 0.2) is 11.5 Å². The summed E-state index contributed by atoms with van der Waals surface area (Å²) in [7, 11) is 3.34. The van der Waals surface area contributed by atoms with Crippen molar-refractivity contribution < 1.29 is 14.2 Å². The van der Waals surface area contributed by atoms with Crippen molar-refractivity contribution in [3.63, 3.8) is 0 Å². The fraction of sp³-hybridized carbons (Fsp3) is 0.393. The number of nitrogens with zero attached hydrogens (tertiary/aromatic N) is 5. The van der Waals surface area contributed by atoms with E-state index in [0.29, 0.717) is 30.6 Å². The fourth-order valence-electron chi connectivity index (χ4n) is 4.25. The molecule has 2 aromatic heterocycles. The first-order valence-corrected chi connectivity index (χ1v) is 13.4. The number of halogens is 1. The molecule has 0 amide bonds. The van der Waals surface area contributed by atoms with Crippen LogP contribution in [0.1, 0.15) is 50.7 Å². The highest BCUT2D eigenvalue weighted by atomic mass is 79.9. The molecule has 0 spiro atoms. The molecular formula is C28H34BrN5O3. The Morgan fingerprint density at radius 2 is 1.41 bits per heavy atom. The van der Waals surface area contributed by atoms with Crippen molar-refractivity contribution in [2.75, 3.05) is 19.1 Å². The van der Waals surface area contributed by atoms with Crippen molar-refractivity contribution in [1.29, 1.82) is 0 Å². The topological polar surface area (TPSA) is 74.0 Å². The highest BCUT2D eigenvalue weighted by molar-refractivity contribution is 9.10. The van der Waals surface area contributed by atoms with E-state index in [1.807, 2.05) is 24.3 Å². The predicted molar refractivity (Wildman–Crippen MR) is 149 cm³/mol. The van der Waals surface area contributed by atoms with E-state index < -0.39 is 0 Å². The average molecular weight is 569 g/mol. The van der Waals surface area contributed by atoms with Gasteiger partial charge in [-0.15, -0.1) is 5.10 Å². The molecule has 0 saturated heterocycles. The second-order valence-electron chi connectivity index (χ2n) is 8.90. The summed E-state index contributed by atoms with van der Waals surface area (Å²) in [5.41, 5.74) is 2.90. The lowest BCUT2D eigenvalue weighted by Gasteiger charge is -2.25. The quantitative estimate of drug-likeness (QED) is 0.183. The minimum Gasteiger partial charge on any atom is -0.497 e. The van der Waals surface area contributed by atoms with E-state index in [4.69, 9.17) is 19.2 Å². The smallest absolute Gasteiger partial charge is 0.336 e.